The summed E-state index contributed by atoms with van der Waals surface area (Å²) in [5.41, 5.74) is 0.618. The van der Waals surface area contributed by atoms with Crippen LogP contribution in [0.15, 0.2) is 22.7 Å². The smallest absolute Gasteiger partial charge is 0.227 e. The quantitative estimate of drug-likeness (QED) is 0.881. The maximum absolute atomic E-state index is 12.9. The molecule has 1 saturated heterocycles. The van der Waals surface area contributed by atoms with Crippen molar-refractivity contribution in [1.82, 2.24) is 5.32 Å². The van der Waals surface area contributed by atoms with Gasteiger partial charge in [-0.15, -0.1) is 0 Å². The molecular weight excluding hydrogens is 299 g/mol. The molecule has 0 aliphatic carbocycles. The first-order valence-electron chi connectivity index (χ1n) is 6.05. The Balaban J connectivity index is 2.02. The van der Waals surface area contributed by atoms with Gasteiger partial charge in [0.25, 0.3) is 0 Å². The Bertz CT molecular complexity index is 453. The highest BCUT2D eigenvalue weighted by Gasteiger charge is 2.24. The highest BCUT2D eigenvalue weighted by atomic mass is 79.9. The number of piperidine rings is 1. The van der Waals surface area contributed by atoms with Crippen molar-refractivity contribution in [1.29, 1.82) is 0 Å². The molecule has 3 nitrogen and oxygen atoms in total. The van der Waals surface area contributed by atoms with Crippen LogP contribution < -0.4 is 10.6 Å². The van der Waals surface area contributed by atoms with Crippen LogP contribution in [0.3, 0.4) is 0 Å². The molecule has 1 aliphatic heterocycles. The fourth-order valence-corrected chi connectivity index (χ4v) is 2.65. The molecule has 1 aromatic rings. The lowest BCUT2D eigenvalue weighted by atomic mass is 9.92. The normalized spacial score (nSPS) is 23.7. The topological polar surface area (TPSA) is 41.1 Å². The summed E-state index contributed by atoms with van der Waals surface area (Å²) in [6, 6.07) is 4.62. The minimum Gasteiger partial charge on any atom is -0.325 e. The van der Waals surface area contributed by atoms with Crippen molar-refractivity contribution < 1.29 is 9.18 Å². The van der Waals surface area contributed by atoms with Gasteiger partial charge in [0.1, 0.15) is 5.82 Å². The fourth-order valence-electron chi connectivity index (χ4n) is 2.20. The highest BCUT2D eigenvalue weighted by Crippen LogP contribution is 2.25. The molecule has 0 bridgehead atoms. The standard InChI is InChI=1S/C13H16BrFN2O/c1-8-6-9(4-5-16-8)13(18)17-12-3-2-10(15)7-11(12)14/h2-3,7-9,16H,4-6H2,1H3,(H,17,18). The molecule has 1 aliphatic rings. The van der Waals surface area contributed by atoms with Gasteiger partial charge in [-0.25, -0.2) is 4.39 Å². The maximum atomic E-state index is 12.9. The first-order chi connectivity index (χ1) is 8.56. The van der Waals surface area contributed by atoms with Gasteiger partial charge >= 0.3 is 0 Å². The van der Waals surface area contributed by atoms with E-state index in [0.717, 1.165) is 19.4 Å². The van der Waals surface area contributed by atoms with Gasteiger partial charge in [-0.3, -0.25) is 4.79 Å². The van der Waals surface area contributed by atoms with E-state index < -0.39 is 0 Å². The lowest BCUT2D eigenvalue weighted by Gasteiger charge is -2.27. The summed E-state index contributed by atoms with van der Waals surface area (Å²) >= 11 is 3.24. The van der Waals surface area contributed by atoms with Gasteiger partial charge < -0.3 is 10.6 Å². The molecule has 5 heteroatoms. The number of anilines is 1. The van der Waals surface area contributed by atoms with Crippen LogP contribution in [0, 0.1) is 11.7 Å². The molecule has 18 heavy (non-hydrogen) atoms. The van der Waals surface area contributed by atoms with Gasteiger partial charge in [0.05, 0.1) is 5.69 Å². The second-order valence-corrected chi connectivity index (χ2v) is 5.54. The number of halogens is 2. The van der Waals surface area contributed by atoms with Crippen molar-refractivity contribution >= 4 is 27.5 Å². The predicted molar refractivity (Wildman–Crippen MR) is 72.9 cm³/mol. The largest absolute Gasteiger partial charge is 0.325 e. The van der Waals surface area contributed by atoms with E-state index in [4.69, 9.17) is 0 Å². The zero-order valence-corrected chi connectivity index (χ0v) is 11.8. The predicted octanol–water partition coefficient (Wildman–Crippen LogP) is 2.91. The molecule has 1 heterocycles. The van der Waals surface area contributed by atoms with E-state index in [0.29, 0.717) is 16.2 Å². The molecule has 2 atom stereocenters. The van der Waals surface area contributed by atoms with Crippen molar-refractivity contribution in [2.75, 3.05) is 11.9 Å². The summed E-state index contributed by atoms with van der Waals surface area (Å²) in [7, 11) is 0. The number of hydrogen-bond acceptors (Lipinski definition) is 2. The molecular formula is C13H16BrFN2O. The van der Waals surface area contributed by atoms with E-state index in [9.17, 15) is 9.18 Å². The molecule has 0 radical (unpaired) electrons. The van der Waals surface area contributed by atoms with Crippen LogP contribution in [-0.2, 0) is 4.79 Å². The summed E-state index contributed by atoms with van der Waals surface area (Å²) in [4.78, 5) is 12.1. The Hall–Kier alpha value is -0.940. The molecule has 1 fully saturated rings. The van der Waals surface area contributed by atoms with Crippen LogP contribution in [0.4, 0.5) is 10.1 Å². The van der Waals surface area contributed by atoms with Gasteiger partial charge in [-0.05, 0) is 60.4 Å². The third-order valence-corrected chi connectivity index (χ3v) is 3.84. The van der Waals surface area contributed by atoms with Gasteiger partial charge in [0, 0.05) is 16.4 Å². The number of nitrogens with one attached hydrogen (secondary N) is 2. The number of rotatable bonds is 2. The van der Waals surface area contributed by atoms with Crippen LogP contribution in [0.25, 0.3) is 0 Å². The second kappa shape index (κ2) is 5.80. The summed E-state index contributed by atoms with van der Waals surface area (Å²) in [6.45, 7) is 2.94. The van der Waals surface area contributed by atoms with Crippen molar-refractivity contribution in [2.24, 2.45) is 5.92 Å². The average Bonchev–Trinajstić information content (AvgIpc) is 2.32. The van der Waals surface area contributed by atoms with E-state index in [1.54, 1.807) is 6.07 Å². The number of carbonyl (C=O) groups is 1. The Morgan fingerprint density at radius 2 is 2.33 bits per heavy atom. The lowest BCUT2D eigenvalue weighted by molar-refractivity contribution is -0.120. The Morgan fingerprint density at radius 3 is 3.00 bits per heavy atom. The molecule has 2 N–H and O–H groups in total. The molecule has 2 unspecified atom stereocenters. The first-order valence-corrected chi connectivity index (χ1v) is 6.85. The molecule has 0 saturated carbocycles. The van der Waals surface area contributed by atoms with E-state index in [1.165, 1.54) is 12.1 Å². The minimum absolute atomic E-state index is 0.00987. The van der Waals surface area contributed by atoms with Crippen LogP contribution >= 0.6 is 15.9 Å². The summed E-state index contributed by atoms with van der Waals surface area (Å²) in [5, 5.41) is 6.16. The SMILES string of the molecule is CC1CC(C(=O)Nc2ccc(F)cc2Br)CCN1. The summed E-state index contributed by atoms with van der Waals surface area (Å²) < 4.78 is 13.5. The monoisotopic (exact) mass is 314 g/mol. The lowest BCUT2D eigenvalue weighted by Crippen LogP contribution is -2.40. The van der Waals surface area contributed by atoms with Crippen molar-refractivity contribution in [3.63, 3.8) is 0 Å². The molecule has 2 rings (SSSR count). The van der Waals surface area contributed by atoms with E-state index in [-0.39, 0.29) is 17.6 Å². The Morgan fingerprint density at radius 1 is 1.56 bits per heavy atom. The Kier molecular flexibility index (Phi) is 4.35. The van der Waals surface area contributed by atoms with Gasteiger partial charge in [-0.2, -0.15) is 0 Å². The molecule has 1 amide bonds. The minimum atomic E-state index is -0.324. The maximum Gasteiger partial charge on any atom is 0.227 e. The number of amides is 1. The summed E-state index contributed by atoms with van der Waals surface area (Å²) in [5.74, 6) is -0.288. The van der Waals surface area contributed by atoms with Gasteiger partial charge in [0.2, 0.25) is 5.91 Å². The van der Waals surface area contributed by atoms with Crippen LogP contribution in [0.1, 0.15) is 19.8 Å². The highest BCUT2D eigenvalue weighted by molar-refractivity contribution is 9.10. The van der Waals surface area contributed by atoms with E-state index in [2.05, 4.69) is 33.5 Å². The zero-order chi connectivity index (χ0) is 13.1. The zero-order valence-electron chi connectivity index (χ0n) is 10.2. The fraction of sp³-hybridized carbons (Fsp3) is 0.462. The van der Waals surface area contributed by atoms with Crippen LogP contribution in [0.2, 0.25) is 0 Å². The Labute approximate surface area is 114 Å². The third kappa shape index (κ3) is 3.29. The van der Waals surface area contributed by atoms with Gasteiger partial charge in [0.15, 0.2) is 0 Å². The van der Waals surface area contributed by atoms with Crippen molar-refractivity contribution in [3.05, 3.63) is 28.5 Å². The summed E-state index contributed by atoms with van der Waals surface area (Å²) in [6.07, 6.45) is 1.68. The van der Waals surface area contributed by atoms with Crippen LogP contribution in [-0.4, -0.2) is 18.5 Å². The first kappa shape index (κ1) is 13.5. The average molecular weight is 315 g/mol. The molecule has 0 aromatic heterocycles. The third-order valence-electron chi connectivity index (χ3n) is 3.18. The molecule has 0 spiro atoms. The van der Waals surface area contributed by atoms with E-state index in [1.807, 2.05) is 0 Å². The van der Waals surface area contributed by atoms with Crippen LogP contribution in [0.5, 0.6) is 0 Å². The van der Waals surface area contributed by atoms with Gasteiger partial charge in [-0.1, -0.05) is 0 Å². The molecule has 98 valence electrons. The van der Waals surface area contributed by atoms with E-state index >= 15 is 0 Å². The number of hydrogen-bond donors (Lipinski definition) is 2. The number of benzene rings is 1. The second-order valence-electron chi connectivity index (χ2n) is 4.69. The van der Waals surface area contributed by atoms with Crippen molar-refractivity contribution in [3.8, 4) is 0 Å². The number of carbonyl (C=O) groups excluding carboxylic acids is 1. The van der Waals surface area contributed by atoms with Crippen molar-refractivity contribution in [2.45, 2.75) is 25.8 Å². The molecule has 1 aromatic carbocycles.